The lowest BCUT2D eigenvalue weighted by molar-refractivity contribution is 0.627. The Balaban J connectivity index is 2.78. The molecule has 0 saturated carbocycles. The third kappa shape index (κ3) is 2.35. The summed E-state index contributed by atoms with van der Waals surface area (Å²) in [5, 5.41) is 0.497. The van der Waals surface area contributed by atoms with Gasteiger partial charge >= 0.3 is 0 Å². The van der Waals surface area contributed by atoms with E-state index in [1.54, 1.807) is 6.07 Å². The van der Waals surface area contributed by atoms with Gasteiger partial charge in [-0.15, -0.1) is 6.58 Å². The first-order chi connectivity index (χ1) is 5.74. The van der Waals surface area contributed by atoms with Crippen LogP contribution in [0.25, 0.3) is 0 Å². The molecule has 1 aromatic rings. The maximum Gasteiger partial charge on any atom is 0.124 e. The van der Waals surface area contributed by atoms with Crippen LogP contribution >= 0.6 is 11.6 Å². The van der Waals surface area contributed by atoms with E-state index in [1.165, 1.54) is 12.1 Å². The van der Waals surface area contributed by atoms with Crippen LogP contribution in [0.2, 0.25) is 5.02 Å². The van der Waals surface area contributed by atoms with Crippen LogP contribution in [0.3, 0.4) is 0 Å². The Morgan fingerprint density at radius 3 is 2.83 bits per heavy atom. The van der Waals surface area contributed by atoms with Crippen LogP contribution in [0, 0.1) is 5.82 Å². The van der Waals surface area contributed by atoms with E-state index in [-0.39, 0.29) is 5.82 Å². The Kier molecular flexibility index (Phi) is 3.30. The van der Waals surface area contributed by atoms with E-state index in [4.69, 9.17) is 11.6 Å². The standard InChI is InChI=1S/C10H10ClF/c1-2-3-4-8-5-6-9(12)7-10(8)11/h2,5-7H,1,3-4H2. The summed E-state index contributed by atoms with van der Waals surface area (Å²) in [7, 11) is 0. The minimum Gasteiger partial charge on any atom is -0.207 e. The number of halogens is 2. The summed E-state index contributed by atoms with van der Waals surface area (Å²) >= 11 is 5.79. The molecular formula is C10H10ClF. The van der Waals surface area contributed by atoms with Crippen LogP contribution < -0.4 is 0 Å². The highest BCUT2D eigenvalue weighted by atomic mass is 35.5. The molecular weight excluding hydrogens is 175 g/mol. The first-order valence-electron chi connectivity index (χ1n) is 3.79. The van der Waals surface area contributed by atoms with E-state index >= 15 is 0 Å². The molecule has 0 heterocycles. The van der Waals surface area contributed by atoms with Crippen LogP contribution in [-0.4, -0.2) is 0 Å². The second-order valence-corrected chi connectivity index (χ2v) is 2.97. The highest BCUT2D eigenvalue weighted by Crippen LogP contribution is 2.18. The second-order valence-electron chi connectivity index (χ2n) is 2.56. The van der Waals surface area contributed by atoms with Crippen molar-refractivity contribution in [1.82, 2.24) is 0 Å². The zero-order valence-electron chi connectivity index (χ0n) is 6.69. The molecule has 0 amide bonds. The number of benzene rings is 1. The zero-order valence-corrected chi connectivity index (χ0v) is 7.44. The third-order valence-electron chi connectivity index (χ3n) is 1.63. The largest absolute Gasteiger partial charge is 0.207 e. The molecule has 0 aliphatic carbocycles. The van der Waals surface area contributed by atoms with E-state index in [0.717, 1.165) is 18.4 Å². The molecule has 0 N–H and O–H groups in total. The summed E-state index contributed by atoms with van der Waals surface area (Å²) in [5.41, 5.74) is 0.970. The molecule has 0 spiro atoms. The number of rotatable bonds is 3. The molecule has 0 saturated heterocycles. The monoisotopic (exact) mass is 184 g/mol. The highest BCUT2D eigenvalue weighted by Gasteiger charge is 1.99. The van der Waals surface area contributed by atoms with E-state index in [9.17, 15) is 4.39 Å². The van der Waals surface area contributed by atoms with Crippen molar-refractivity contribution in [1.29, 1.82) is 0 Å². The molecule has 0 aliphatic rings. The Morgan fingerprint density at radius 2 is 2.25 bits per heavy atom. The van der Waals surface area contributed by atoms with Crippen molar-refractivity contribution >= 4 is 11.6 Å². The second kappa shape index (κ2) is 4.27. The first kappa shape index (κ1) is 9.27. The molecule has 12 heavy (non-hydrogen) atoms. The van der Waals surface area contributed by atoms with Gasteiger partial charge in [-0.1, -0.05) is 23.7 Å². The van der Waals surface area contributed by atoms with Gasteiger partial charge in [0.2, 0.25) is 0 Å². The number of hydrogen-bond acceptors (Lipinski definition) is 0. The number of aryl methyl sites for hydroxylation is 1. The van der Waals surface area contributed by atoms with Gasteiger partial charge in [-0.05, 0) is 30.5 Å². The minimum absolute atomic E-state index is 0.289. The highest BCUT2D eigenvalue weighted by molar-refractivity contribution is 6.31. The number of allylic oxidation sites excluding steroid dienone is 1. The molecule has 0 unspecified atom stereocenters. The maximum atomic E-state index is 12.6. The Labute approximate surface area is 76.7 Å². The molecule has 1 rings (SSSR count). The Morgan fingerprint density at radius 1 is 1.50 bits per heavy atom. The SMILES string of the molecule is C=CCCc1ccc(F)cc1Cl. The normalized spacial score (nSPS) is 9.83. The first-order valence-corrected chi connectivity index (χ1v) is 4.16. The fourth-order valence-electron chi connectivity index (χ4n) is 0.982. The third-order valence-corrected chi connectivity index (χ3v) is 1.98. The Hall–Kier alpha value is -0.820. The summed E-state index contributed by atoms with van der Waals surface area (Å²) < 4.78 is 12.6. The van der Waals surface area contributed by atoms with E-state index < -0.39 is 0 Å². The van der Waals surface area contributed by atoms with Gasteiger partial charge in [0.25, 0.3) is 0 Å². The predicted molar refractivity (Wildman–Crippen MR) is 49.9 cm³/mol. The molecule has 0 radical (unpaired) electrons. The van der Waals surface area contributed by atoms with Crippen molar-refractivity contribution in [2.45, 2.75) is 12.8 Å². The van der Waals surface area contributed by atoms with Gasteiger partial charge in [-0.25, -0.2) is 4.39 Å². The van der Waals surface area contributed by atoms with Gasteiger partial charge in [0.15, 0.2) is 0 Å². The van der Waals surface area contributed by atoms with Gasteiger partial charge in [-0.3, -0.25) is 0 Å². The van der Waals surface area contributed by atoms with Gasteiger partial charge < -0.3 is 0 Å². The van der Waals surface area contributed by atoms with Crippen molar-refractivity contribution in [2.75, 3.05) is 0 Å². The fraction of sp³-hybridized carbons (Fsp3) is 0.200. The Bertz CT molecular complexity index is 281. The van der Waals surface area contributed by atoms with Gasteiger partial charge in [0, 0.05) is 5.02 Å². The fourth-order valence-corrected chi connectivity index (χ4v) is 1.24. The quantitative estimate of drug-likeness (QED) is 0.630. The lowest BCUT2D eigenvalue weighted by atomic mass is 10.1. The lowest BCUT2D eigenvalue weighted by Gasteiger charge is -2.01. The summed E-state index contributed by atoms with van der Waals surface area (Å²) in [4.78, 5) is 0. The molecule has 1 aromatic carbocycles. The van der Waals surface area contributed by atoms with E-state index in [2.05, 4.69) is 6.58 Å². The van der Waals surface area contributed by atoms with E-state index in [1.807, 2.05) is 6.08 Å². The summed E-state index contributed by atoms with van der Waals surface area (Å²) in [5.74, 6) is -0.289. The van der Waals surface area contributed by atoms with Gasteiger partial charge in [0.05, 0.1) is 0 Å². The van der Waals surface area contributed by atoms with Crippen LogP contribution in [0.5, 0.6) is 0 Å². The van der Waals surface area contributed by atoms with Crippen molar-refractivity contribution in [3.05, 3.63) is 47.3 Å². The minimum atomic E-state index is -0.289. The van der Waals surface area contributed by atoms with Crippen molar-refractivity contribution in [2.24, 2.45) is 0 Å². The summed E-state index contributed by atoms with van der Waals surface area (Å²) in [6.45, 7) is 3.61. The molecule has 0 nitrogen and oxygen atoms in total. The van der Waals surface area contributed by atoms with Crippen molar-refractivity contribution in [3.8, 4) is 0 Å². The molecule has 0 aromatic heterocycles. The summed E-state index contributed by atoms with van der Waals surface area (Å²) in [6, 6.07) is 4.46. The average Bonchev–Trinajstić information content (AvgIpc) is 2.03. The van der Waals surface area contributed by atoms with Crippen molar-refractivity contribution in [3.63, 3.8) is 0 Å². The van der Waals surface area contributed by atoms with Gasteiger partial charge in [0.1, 0.15) is 5.82 Å². The van der Waals surface area contributed by atoms with Gasteiger partial charge in [-0.2, -0.15) is 0 Å². The average molecular weight is 185 g/mol. The molecule has 0 aliphatic heterocycles. The van der Waals surface area contributed by atoms with E-state index in [0.29, 0.717) is 5.02 Å². The predicted octanol–water partition coefficient (Wildman–Crippen LogP) is 3.60. The molecule has 0 atom stereocenters. The van der Waals surface area contributed by atoms with Crippen LogP contribution in [-0.2, 0) is 6.42 Å². The summed E-state index contributed by atoms with van der Waals surface area (Å²) in [6.07, 6.45) is 3.51. The smallest absolute Gasteiger partial charge is 0.124 e. The molecule has 0 fully saturated rings. The maximum absolute atomic E-state index is 12.6. The van der Waals surface area contributed by atoms with Crippen LogP contribution in [0.1, 0.15) is 12.0 Å². The molecule has 0 bridgehead atoms. The molecule has 2 heteroatoms. The number of hydrogen-bond donors (Lipinski definition) is 0. The van der Waals surface area contributed by atoms with Crippen LogP contribution in [0.15, 0.2) is 30.9 Å². The molecule has 64 valence electrons. The van der Waals surface area contributed by atoms with Crippen molar-refractivity contribution < 1.29 is 4.39 Å². The lowest BCUT2D eigenvalue weighted by Crippen LogP contribution is -1.85. The zero-order chi connectivity index (χ0) is 8.97. The topological polar surface area (TPSA) is 0 Å². The van der Waals surface area contributed by atoms with Crippen LogP contribution in [0.4, 0.5) is 4.39 Å².